The molecule has 23 heavy (non-hydrogen) atoms. The molecule has 0 atom stereocenters. The molecule has 4 rings (SSSR count). The highest BCUT2D eigenvalue weighted by Gasteiger charge is 2.27. The number of nitrogens with zero attached hydrogens (tertiary/aromatic N) is 1. The summed E-state index contributed by atoms with van der Waals surface area (Å²) in [6.07, 6.45) is 4.98. The minimum Gasteiger partial charge on any atom is -0.351 e. The van der Waals surface area contributed by atoms with Crippen molar-refractivity contribution in [2.45, 2.75) is 25.2 Å². The summed E-state index contributed by atoms with van der Waals surface area (Å²) in [5.74, 6) is 0.604. The molecule has 1 fully saturated rings. The van der Waals surface area contributed by atoms with Crippen molar-refractivity contribution in [3.05, 3.63) is 64.1 Å². The lowest BCUT2D eigenvalue weighted by molar-refractivity contribution is 0.0958. The van der Waals surface area contributed by atoms with Gasteiger partial charge in [0.05, 0.1) is 11.2 Å². The van der Waals surface area contributed by atoms with Gasteiger partial charge in [-0.15, -0.1) is 11.3 Å². The van der Waals surface area contributed by atoms with Gasteiger partial charge in [-0.05, 0) is 35.6 Å². The smallest absolute Gasteiger partial charge is 0.263 e. The van der Waals surface area contributed by atoms with Crippen molar-refractivity contribution in [1.29, 1.82) is 0 Å². The number of carbonyl (C=O) groups excluding carboxylic acids is 1. The van der Waals surface area contributed by atoms with E-state index >= 15 is 0 Å². The molecule has 1 aliphatic carbocycles. The number of aromatic nitrogens is 1. The SMILES string of the molecule is O=C(NCCc1cccc2ccccc12)c1cnc(C2CC2)s1. The predicted octanol–water partition coefficient (Wildman–Crippen LogP) is 4.15. The number of thiazole rings is 1. The van der Waals surface area contributed by atoms with E-state index in [0.29, 0.717) is 12.5 Å². The molecule has 3 aromatic rings. The van der Waals surface area contributed by atoms with Crippen molar-refractivity contribution in [3.8, 4) is 0 Å². The molecule has 1 saturated carbocycles. The molecule has 1 amide bonds. The van der Waals surface area contributed by atoms with Crippen LogP contribution in [0.3, 0.4) is 0 Å². The van der Waals surface area contributed by atoms with Gasteiger partial charge in [-0.2, -0.15) is 0 Å². The van der Waals surface area contributed by atoms with Crippen molar-refractivity contribution >= 4 is 28.0 Å². The highest BCUT2D eigenvalue weighted by atomic mass is 32.1. The van der Waals surface area contributed by atoms with Crippen LogP contribution in [-0.4, -0.2) is 17.4 Å². The molecule has 1 aliphatic rings. The summed E-state index contributed by atoms with van der Waals surface area (Å²) in [6.45, 7) is 0.642. The van der Waals surface area contributed by atoms with Crippen LogP contribution in [0, 0.1) is 0 Å². The zero-order valence-electron chi connectivity index (χ0n) is 12.8. The van der Waals surface area contributed by atoms with E-state index in [4.69, 9.17) is 0 Å². The summed E-state index contributed by atoms with van der Waals surface area (Å²) in [5.41, 5.74) is 1.27. The minimum absolute atomic E-state index is 0.00497. The summed E-state index contributed by atoms with van der Waals surface area (Å²) >= 11 is 1.54. The van der Waals surface area contributed by atoms with Crippen molar-refractivity contribution in [2.75, 3.05) is 6.54 Å². The molecule has 1 heterocycles. The fourth-order valence-electron chi connectivity index (χ4n) is 2.82. The van der Waals surface area contributed by atoms with E-state index in [1.807, 2.05) is 0 Å². The number of benzene rings is 2. The highest BCUT2D eigenvalue weighted by Crippen LogP contribution is 2.41. The Labute approximate surface area is 139 Å². The van der Waals surface area contributed by atoms with Crippen LogP contribution < -0.4 is 5.32 Å². The predicted molar refractivity (Wildman–Crippen MR) is 94.1 cm³/mol. The van der Waals surface area contributed by atoms with E-state index in [1.165, 1.54) is 40.5 Å². The number of carbonyl (C=O) groups is 1. The van der Waals surface area contributed by atoms with Crippen LogP contribution in [0.2, 0.25) is 0 Å². The number of hydrogen-bond donors (Lipinski definition) is 1. The first-order valence-electron chi connectivity index (χ1n) is 8.02. The van der Waals surface area contributed by atoms with Crippen LogP contribution in [0.5, 0.6) is 0 Å². The lowest BCUT2D eigenvalue weighted by Gasteiger charge is -2.07. The Morgan fingerprint density at radius 1 is 1.17 bits per heavy atom. The Kier molecular flexibility index (Phi) is 3.83. The maximum atomic E-state index is 12.2. The topological polar surface area (TPSA) is 42.0 Å². The molecular weight excluding hydrogens is 304 g/mol. The first-order chi connectivity index (χ1) is 11.3. The van der Waals surface area contributed by atoms with Gasteiger partial charge in [-0.25, -0.2) is 4.98 Å². The molecule has 3 nitrogen and oxygen atoms in total. The number of fused-ring (bicyclic) bond motifs is 1. The molecule has 0 aliphatic heterocycles. The highest BCUT2D eigenvalue weighted by molar-refractivity contribution is 7.13. The van der Waals surface area contributed by atoms with Crippen molar-refractivity contribution in [3.63, 3.8) is 0 Å². The van der Waals surface area contributed by atoms with Crippen LogP contribution in [0.25, 0.3) is 10.8 Å². The van der Waals surface area contributed by atoms with E-state index in [2.05, 4.69) is 52.8 Å². The third-order valence-electron chi connectivity index (χ3n) is 4.23. The van der Waals surface area contributed by atoms with E-state index < -0.39 is 0 Å². The molecule has 0 spiro atoms. The molecule has 0 bridgehead atoms. The van der Waals surface area contributed by atoms with Gasteiger partial charge in [0.1, 0.15) is 4.88 Å². The molecule has 116 valence electrons. The van der Waals surface area contributed by atoms with Gasteiger partial charge in [0.15, 0.2) is 0 Å². The van der Waals surface area contributed by atoms with Crippen molar-refractivity contribution in [1.82, 2.24) is 10.3 Å². The van der Waals surface area contributed by atoms with Crippen LogP contribution >= 0.6 is 11.3 Å². The Balaban J connectivity index is 1.39. The van der Waals surface area contributed by atoms with Gasteiger partial charge >= 0.3 is 0 Å². The third-order valence-corrected chi connectivity index (χ3v) is 5.39. The average Bonchev–Trinajstić information content (AvgIpc) is 3.32. The van der Waals surface area contributed by atoms with Crippen molar-refractivity contribution in [2.24, 2.45) is 0 Å². The summed E-state index contributed by atoms with van der Waals surface area (Å²) in [7, 11) is 0. The number of hydrogen-bond acceptors (Lipinski definition) is 3. The first kappa shape index (κ1) is 14.4. The fraction of sp³-hybridized carbons (Fsp3) is 0.263. The second-order valence-corrected chi connectivity index (χ2v) is 7.04. The average molecular weight is 322 g/mol. The largest absolute Gasteiger partial charge is 0.351 e. The second-order valence-electron chi connectivity index (χ2n) is 5.98. The van der Waals surface area contributed by atoms with E-state index in [0.717, 1.165) is 16.3 Å². The minimum atomic E-state index is -0.00497. The van der Waals surface area contributed by atoms with E-state index in [1.54, 1.807) is 6.20 Å². The van der Waals surface area contributed by atoms with Gasteiger partial charge in [-0.3, -0.25) is 4.79 Å². The lowest BCUT2D eigenvalue weighted by Crippen LogP contribution is -2.24. The number of nitrogens with one attached hydrogen (secondary N) is 1. The molecular formula is C19H18N2OS. The zero-order chi connectivity index (χ0) is 15.6. The fourth-order valence-corrected chi connectivity index (χ4v) is 3.82. The standard InChI is InChI=1S/C19H18N2OS/c22-18(17-12-21-19(23-17)15-8-9-15)20-11-10-14-6-3-5-13-4-1-2-7-16(13)14/h1-7,12,15H,8-11H2,(H,20,22). The Morgan fingerprint density at radius 3 is 2.87 bits per heavy atom. The van der Waals surface area contributed by atoms with Crippen LogP contribution in [0.1, 0.15) is 39.0 Å². The number of rotatable bonds is 5. The Morgan fingerprint density at radius 2 is 2.00 bits per heavy atom. The lowest BCUT2D eigenvalue weighted by atomic mass is 10.0. The van der Waals surface area contributed by atoms with Crippen LogP contribution in [0.4, 0.5) is 0 Å². The van der Waals surface area contributed by atoms with Gasteiger partial charge in [0.2, 0.25) is 0 Å². The normalized spacial score (nSPS) is 14.1. The molecule has 0 radical (unpaired) electrons. The molecule has 1 aromatic heterocycles. The van der Waals surface area contributed by atoms with Gasteiger partial charge in [0.25, 0.3) is 5.91 Å². The second kappa shape index (κ2) is 6.13. The van der Waals surface area contributed by atoms with Gasteiger partial charge in [0, 0.05) is 12.5 Å². The number of amides is 1. The maximum absolute atomic E-state index is 12.2. The van der Waals surface area contributed by atoms with Crippen molar-refractivity contribution < 1.29 is 4.79 Å². The van der Waals surface area contributed by atoms with E-state index in [-0.39, 0.29) is 5.91 Å². The molecule has 0 unspecified atom stereocenters. The maximum Gasteiger partial charge on any atom is 0.263 e. The molecule has 4 heteroatoms. The Hall–Kier alpha value is -2.20. The summed E-state index contributed by atoms with van der Waals surface area (Å²) < 4.78 is 0. The van der Waals surface area contributed by atoms with Gasteiger partial charge < -0.3 is 5.32 Å². The summed E-state index contributed by atoms with van der Waals surface area (Å²) in [4.78, 5) is 17.3. The monoisotopic (exact) mass is 322 g/mol. The van der Waals surface area contributed by atoms with Crippen LogP contribution in [-0.2, 0) is 6.42 Å². The van der Waals surface area contributed by atoms with Gasteiger partial charge in [-0.1, -0.05) is 42.5 Å². The third kappa shape index (κ3) is 3.13. The van der Waals surface area contributed by atoms with E-state index in [9.17, 15) is 4.79 Å². The quantitative estimate of drug-likeness (QED) is 0.767. The summed E-state index contributed by atoms with van der Waals surface area (Å²) in [6, 6.07) is 14.7. The summed E-state index contributed by atoms with van der Waals surface area (Å²) in [5, 5.41) is 6.64. The molecule has 0 saturated heterocycles. The Bertz CT molecular complexity index is 846. The molecule has 1 N–H and O–H groups in total. The molecule has 2 aromatic carbocycles. The first-order valence-corrected chi connectivity index (χ1v) is 8.83. The van der Waals surface area contributed by atoms with Crippen LogP contribution in [0.15, 0.2) is 48.7 Å². The zero-order valence-corrected chi connectivity index (χ0v) is 13.6.